The van der Waals surface area contributed by atoms with Crippen LogP contribution < -0.4 is 10.6 Å². The topological polar surface area (TPSA) is 45.7 Å². The highest BCUT2D eigenvalue weighted by molar-refractivity contribution is 14.0. The van der Waals surface area contributed by atoms with Crippen LogP contribution in [0.15, 0.2) is 35.3 Å². The van der Waals surface area contributed by atoms with Crippen molar-refractivity contribution in [2.75, 3.05) is 26.2 Å². The van der Waals surface area contributed by atoms with Crippen molar-refractivity contribution in [3.05, 3.63) is 35.9 Å². The van der Waals surface area contributed by atoms with E-state index in [2.05, 4.69) is 61.7 Å². The molecular formula is C19H32IN3O. The van der Waals surface area contributed by atoms with Crippen molar-refractivity contribution in [3.63, 3.8) is 0 Å². The second-order valence-electron chi connectivity index (χ2n) is 6.62. The van der Waals surface area contributed by atoms with Gasteiger partial charge in [-0.15, -0.1) is 24.0 Å². The smallest absolute Gasteiger partial charge is 0.191 e. The number of guanidine groups is 1. The van der Waals surface area contributed by atoms with Crippen LogP contribution >= 0.6 is 24.0 Å². The molecule has 5 heteroatoms. The quantitative estimate of drug-likeness (QED) is 0.380. The van der Waals surface area contributed by atoms with Gasteiger partial charge in [0.2, 0.25) is 0 Å². The lowest BCUT2D eigenvalue weighted by atomic mass is 9.98. The first-order chi connectivity index (χ1) is 11.1. The maximum absolute atomic E-state index is 5.81. The third kappa shape index (κ3) is 6.97. The minimum atomic E-state index is -0.0836. The van der Waals surface area contributed by atoms with E-state index in [0.29, 0.717) is 5.92 Å². The van der Waals surface area contributed by atoms with Crippen LogP contribution in [-0.2, 0) is 4.74 Å². The average Bonchev–Trinajstić information content (AvgIpc) is 3.00. The maximum Gasteiger partial charge on any atom is 0.191 e. The lowest BCUT2D eigenvalue weighted by molar-refractivity contribution is 0.0283. The van der Waals surface area contributed by atoms with E-state index in [1.54, 1.807) is 0 Å². The zero-order valence-corrected chi connectivity index (χ0v) is 17.5. The summed E-state index contributed by atoms with van der Waals surface area (Å²) in [4.78, 5) is 4.71. The molecule has 2 unspecified atom stereocenters. The summed E-state index contributed by atoms with van der Waals surface area (Å²) in [5, 5.41) is 6.77. The highest BCUT2D eigenvalue weighted by atomic mass is 127. The zero-order valence-electron chi connectivity index (χ0n) is 15.2. The number of aliphatic imine (C=N–C) groups is 1. The first-order valence-electron chi connectivity index (χ1n) is 8.84. The molecule has 0 bridgehead atoms. The molecule has 0 aliphatic carbocycles. The first kappa shape index (κ1) is 21.2. The molecule has 24 heavy (non-hydrogen) atoms. The van der Waals surface area contributed by atoms with Crippen LogP contribution in [0.5, 0.6) is 0 Å². The average molecular weight is 445 g/mol. The van der Waals surface area contributed by atoms with E-state index in [1.165, 1.54) is 5.56 Å². The molecule has 2 rings (SSSR count). The Hall–Kier alpha value is -0.820. The fourth-order valence-electron chi connectivity index (χ4n) is 2.90. The normalized spacial score (nSPS) is 21.9. The zero-order chi connectivity index (χ0) is 16.5. The van der Waals surface area contributed by atoms with E-state index in [0.717, 1.165) is 51.5 Å². The van der Waals surface area contributed by atoms with Gasteiger partial charge in [0, 0.05) is 19.7 Å². The Morgan fingerprint density at radius 1 is 1.29 bits per heavy atom. The van der Waals surface area contributed by atoms with Gasteiger partial charge >= 0.3 is 0 Å². The van der Waals surface area contributed by atoms with E-state index in [1.807, 2.05) is 0 Å². The van der Waals surface area contributed by atoms with E-state index in [9.17, 15) is 0 Å². The Bertz CT molecular complexity index is 487. The van der Waals surface area contributed by atoms with E-state index in [-0.39, 0.29) is 29.6 Å². The highest BCUT2D eigenvalue weighted by Gasteiger charge is 2.29. The van der Waals surface area contributed by atoms with Crippen LogP contribution in [0.2, 0.25) is 0 Å². The van der Waals surface area contributed by atoms with Gasteiger partial charge in [-0.1, -0.05) is 37.3 Å². The van der Waals surface area contributed by atoms with Gasteiger partial charge in [-0.2, -0.15) is 0 Å². The van der Waals surface area contributed by atoms with Crippen molar-refractivity contribution >= 4 is 29.9 Å². The van der Waals surface area contributed by atoms with Crippen LogP contribution in [0.1, 0.15) is 51.5 Å². The summed E-state index contributed by atoms with van der Waals surface area (Å²) in [5.74, 6) is 1.44. The summed E-state index contributed by atoms with van der Waals surface area (Å²) in [6.07, 6.45) is 3.33. The summed E-state index contributed by atoms with van der Waals surface area (Å²) in [6.45, 7) is 9.90. The molecule has 0 amide bonds. The fraction of sp³-hybridized carbons (Fsp3) is 0.632. The van der Waals surface area contributed by atoms with Crippen LogP contribution in [0.3, 0.4) is 0 Å². The largest absolute Gasteiger partial charge is 0.373 e. The predicted molar refractivity (Wildman–Crippen MR) is 112 cm³/mol. The Morgan fingerprint density at radius 2 is 2.04 bits per heavy atom. The minimum Gasteiger partial charge on any atom is -0.373 e. The molecule has 1 saturated heterocycles. The Labute approximate surface area is 163 Å². The molecule has 1 aliphatic rings. The molecule has 2 N–H and O–H groups in total. The van der Waals surface area contributed by atoms with Gasteiger partial charge in [-0.25, -0.2) is 0 Å². The molecule has 0 aromatic heterocycles. The number of nitrogens with one attached hydrogen (secondary N) is 2. The van der Waals surface area contributed by atoms with Gasteiger partial charge in [-0.05, 0) is 44.6 Å². The van der Waals surface area contributed by atoms with Crippen LogP contribution in [0.25, 0.3) is 0 Å². The number of benzene rings is 1. The summed E-state index contributed by atoms with van der Waals surface area (Å²) < 4.78 is 5.81. The number of rotatable bonds is 7. The van der Waals surface area contributed by atoms with Crippen molar-refractivity contribution in [1.82, 2.24) is 10.6 Å². The van der Waals surface area contributed by atoms with Crippen molar-refractivity contribution < 1.29 is 4.74 Å². The molecule has 1 aliphatic heterocycles. The minimum absolute atomic E-state index is 0. The number of halogens is 1. The summed E-state index contributed by atoms with van der Waals surface area (Å²) in [6, 6.07) is 10.7. The van der Waals surface area contributed by atoms with Gasteiger partial charge in [-0.3, -0.25) is 4.99 Å². The molecule has 0 radical (unpaired) electrons. The van der Waals surface area contributed by atoms with E-state index >= 15 is 0 Å². The van der Waals surface area contributed by atoms with Crippen molar-refractivity contribution in [2.45, 2.75) is 51.6 Å². The molecule has 2 atom stereocenters. The van der Waals surface area contributed by atoms with Gasteiger partial charge < -0.3 is 15.4 Å². The number of hydrogen-bond acceptors (Lipinski definition) is 2. The Kier molecular flexibility index (Phi) is 9.66. The maximum atomic E-state index is 5.81. The molecule has 1 heterocycles. The van der Waals surface area contributed by atoms with Gasteiger partial charge in [0.05, 0.1) is 12.1 Å². The van der Waals surface area contributed by atoms with E-state index < -0.39 is 0 Å². The lowest BCUT2D eigenvalue weighted by Gasteiger charge is -2.21. The third-order valence-electron chi connectivity index (χ3n) is 4.45. The molecular weight excluding hydrogens is 413 g/mol. The van der Waals surface area contributed by atoms with Gasteiger partial charge in [0.25, 0.3) is 0 Å². The highest BCUT2D eigenvalue weighted by Crippen LogP contribution is 2.25. The predicted octanol–water partition coefficient (Wildman–Crippen LogP) is 3.92. The lowest BCUT2D eigenvalue weighted by Crippen LogP contribution is -2.39. The molecule has 136 valence electrons. The molecule has 4 nitrogen and oxygen atoms in total. The van der Waals surface area contributed by atoms with Crippen molar-refractivity contribution in [2.24, 2.45) is 4.99 Å². The van der Waals surface area contributed by atoms with Gasteiger partial charge in [0.15, 0.2) is 5.96 Å². The summed E-state index contributed by atoms with van der Waals surface area (Å²) in [5.41, 5.74) is 1.31. The molecule has 0 saturated carbocycles. The van der Waals surface area contributed by atoms with Crippen molar-refractivity contribution in [3.8, 4) is 0 Å². The molecule has 1 aromatic carbocycles. The third-order valence-corrected chi connectivity index (χ3v) is 4.45. The fourth-order valence-corrected chi connectivity index (χ4v) is 2.90. The summed E-state index contributed by atoms with van der Waals surface area (Å²) >= 11 is 0. The second-order valence-corrected chi connectivity index (χ2v) is 6.62. The van der Waals surface area contributed by atoms with Crippen molar-refractivity contribution in [1.29, 1.82) is 0 Å². The van der Waals surface area contributed by atoms with Crippen LogP contribution in [0, 0.1) is 0 Å². The Morgan fingerprint density at radius 3 is 2.67 bits per heavy atom. The SMILES string of the molecule is CCNC(=NCC1(C)CCCO1)NCCC(C)c1ccccc1.I. The monoisotopic (exact) mass is 445 g/mol. The molecule has 1 fully saturated rings. The number of hydrogen-bond donors (Lipinski definition) is 2. The van der Waals surface area contributed by atoms with Crippen LogP contribution in [-0.4, -0.2) is 37.8 Å². The summed E-state index contributed by atoms with van der Waals surface area (Å²) in [7, 11) is 0. The van der Waals surface area contributed by atoms with Gasteiger partial charge in [0.1, 0.15) is 0 Å². The standard InChI is InChI=1S/C19H31N3O.HI/c1-4-20-18(22-15-19(3)12-8-14-23-19)21-13-11-16(2)17-9-6-5-7-10-17;/h5-7,9-10,16H,4,8,11-15H2,1-3H3,(H2,20,21,22);1H. The number of nitrogens with zero attached hydrogens (tertiary/aromatic N) is 1. The van der Waals surface area contributed by atoms with E-state index in [4.69, 9.17) is 9.73 Å². The van der Waals surface area contributed by atoms with Crippen LogP contribution in [0.4, 0.5) is 0 Å². The molecule has 0 spiro atoms. The Balaban J connectivity index is 0.00000288. The molecule has 1 aromatic rings. The first-order valence-corrected chi connectivity index (χ1v) is 8.84. The number of ether oxygens (including phenoxy) is 1. The second kappa shape index (κ2) is 10.9.